The number of thioether (sulfide) groups is 1. The third kappa shape index (κ3) is 2.60. The summed E-state index contributed by atoms with van der Waals surface area (Å²) in [7, 11) is 0. The van der Waals surface area contributed by atoms with Crippen molar-refractivity contribution >= 4 is 23.6 Å². The Morgan fingerprint density at radius 3 is 2.82 bits per heavy atom. The summed E-state index contributed by atoms with van der Waals surface area (Å²) < 4.78 is 13.3. The number of hydrogen-bond donors (Lipinski definition) is 0. The number of halogens is 1. The van der Waals surface area contributed by atoms with Gasteiger partial charge in [0.05, 0.1) is 11.9 Å². The highest BCUT2D eigenvalue weighted by atomic mass is 32.2. The van der Waals surface area contributed by atoms with Crippen LogP contribution in [0.1, 0.15) is 31.0 Å². The second-order valence-corrected chi connectivity index (χ2v) is 6.81. The summed E-state index contributed by atoms with van der Waals surface area (Å²) in [4.78, 5) is 28.0. The monoisotopic (exact) mass is 322 g/mol. The lowest BCUT2D eigenvalue weighted by molar-refractivity contribution is -0.144. The Balaban J connectivity index is 1.82. The molecule has 0 N–H and O–H groups in total. The van der Waals surface area contributed by atoms with Crippen molar-refractivity contribution in [2.24, 2.45) is 0 Å². The largest absolute Gasteiger partial charge is 0.334 e. The van der Waals surface area contributed by atoms with Gasteiger partial charge in [-0.3, -0.25) is 9.59 Å². The van der Waals surface area contributed by atoms with Gasteiger partial charge in [-0.05, 0) is 36.6 Å². The number of benzene rings is 1. The highest BCUT2D eigenvalue weighted by Gasteiger charge is 2.38. The van der Waals surface area contributed by atoms with Crippen LogP contribution in [0.25, 0.3) is 0 Å². The Kier molecular flexibility index (Phi) is 4.12. The lowest BCUT2D eigenvalue weighted by Gasteiger charge is -2.38. The molecule has 0 spiro atoms. The molecule has 2 atom stereocenters. The minimum absolute atomic E-state index is 0.00248. The van der Waals surface area contributed by atoms with Crippen LogP contribution in [-0.4, -0.2) is 45.8 Å². The smallest absolute Gasteiger partial charge is 0.246 e. The van der Waals surface area contributed by atoms with Gasteiger partial charge < -0.3 is 9.80 Å². The standard InChI is InChI=1S/C16H19FN2O2S/c1-10-14-4-3-13(17)7-12(14)5-6-18(10)16(21)15-8-22-9-19(15)11(2)20/h3-4,7,10,15H,5-6,8-9H2,1-2H3/t10-,15+/m0/s1. The van der Waals surface area contributed by atoms with E-state index in [4.69, 9.17) is 0 Å². The van der Waals surface area contributed by atoms with E-state index in [0.717, 1.165) is 11.1 Å². The predicted molar refractivity (Wildman–Crippen MR) is 83.9 cm³/mol. The molecule has 0 radical (unpaired) electrons. The SMILES string of the molecule is CC(=O)N1CSC[C@@H]1C(=O)N1CCc2cc(F)ccc2[C@@H]1C. The van der Waals surface area contributed by atoms with Gasteiger partial charge in [0, 0.05) is 19.2 Å². The summed E-state index contributed by atoms with van der Waals surface area (Å²) in [5, 5.41) is 0. The van der Waals surface area contributed by atoms with E-state index in [1.165, 1.54) is 13.0 Å². The van der Waals surface area contributed by atoms with Crippen molar-refractivity contribution in [3.8, 4) is 0 Å². The molecule has 4 nitrogen and oxygen atoms in total. The van der Waals surface area contributed by atoms with Crippen LogP contribution in [0, 0.1) is 5.82 Å². The van der Waals surface area contributed by atoms with Gasteiger partial charge >= 0.3 is 0 Å². The fourth-order valence-corrected chi connectivity index (χ4v) is 4.46. The second kappa shape index (κ2) is 5.91. The Labute approximate surface area is 133 Å². The first-order chi connectivity index (χ1) is 10.5. The van der Waals surface area contributed by atoms with E-state index in [2.05, 4.69) is 0 Å². The van der Waals surface area contributed by atoms with Gasteiger partial charge in [-0.1, -0.05) is 6.07 Å². The molecule has 1 aromatic carbocycles. The van der Waals surface area contributed by atoms with Gasteiger partial charge in [-0.15, -0.1) is 11.8 Å². The zero-order valence-corrected chi connectivity index (χ0v) is 13.5. The predicted octanol–water partition coefficient (Wildman–Crippen LogP) is 2.19. The molecule has 0 aromatic heterocycles. The Hall–Kier alpha value is -1.56. The lowest BCUT2D eigenvalue weighted by atomic mass is 9.93. The Morgan fingerprint density at radius 2 is 2.09 bits per heavy atom. The summed E-state index contributed by atoms with van der Waals surface area (Å²) in [5.74, 6) is 0.937. The highest BCUT2D eigenvalue weighted by molar-refractivity contribution is 7.99. The van der Waals surface area contributed by atoms with Crippen LogP contribution in [0.2, 0.25) is 0 Å². The van der Waals surface area contributed by atoms with Crippen molar-refractivity contribution in [2.45, 2.75) is 32.4 Å². The van der Waals surface area contributed by atoms with Gasteiger partial charge in [0.15, 0.2) is 0 Å². The van der Waals surface area contributed by atoms with Gasteiger partial charge in [-0.25, -0.2) is 4.39 Å². The fraction of sp³-hybridized carbons (Fsp3) is 0.500. The fourth-order valence-electron chi connectivity index (χ4n) is 3.25. The zero-order valence-electron chi connectivity index (χ0n) is 12.7. The third-order valence-electron chi connectivity index (χ3n) is 4.50. The summed E-state index contributed by atoms with van der Waals surface area (Å²) in [6.07, 6.45) is 0.656. The molecule has 6 heteroatoms. The lowest BCUT2D eigenvalue weighted by Crippen LogP contribution is -2.50. The van der Waals surface area contributed by atoms with Crippen LogP contribution >= 0.6 is 11.8 Å². The highest BCUT2D eigenvalue weighted by Crippen LogP contribution is 2.32. The van der Waals surface area contributed by atoms with Crippen molar-refractivity contribution < 1.29 is 14.0 Å². The molecule has 1 aromatic rings. The molecule has 0 aliphatic carbocycles. The topological polar surface area (TPSA) is 40.6 Å². The molecule has 118 valence electrons. The molecule has 3 rings (SSSR count). The maximum absolute atomic E-state index is 13.3. The van der Waals surface area contributed by atoms with E-state index in [0.29, 0.717) is 24.6 Å². The minimum atomic E-state index is -0.369. The van der Waals surface area contributed by atoms with Crippen LogP contribution in [0.3, 0.4) is 0 Å². The molecular formula is C16H19FN2O2S. The molecular weight excluding hydrogens is 303 g/mol. The molecule has 2 aliphatic rings. The summed E-state index contributed by atoms with van der Waals surface area (Å²) >= 11 is 1.61. The summed E-state index contributed by atoms with van der Waals surface area (Å²) in [5.41, 5.74) is 1.97. The van der Waals surface area contributed by atoms with E-state index < -0.39 is 0 Å². The first-order valence-corrected chi connectivity index (χ1v) is 8.58. The third-order valence-corrected chi connectivity index (χ3v) is 5.51. The molecule has 2 aliphatic heterocycles. The summed E-state index contributed by atoms with van der Waals surface area (Å²) in [6, 6.07) is 4.31. The van der Waals surface area contributed by atoms with E-state index >= 15 is 0 Å². The summed E-state index contributed by atoms with van der Waals surface area (Å²) in [6.45, 7) is 4.04. The van der Waals surface area contributed by atoms with Crippen molar-refractivity contribution in [1.82, 2.24) is 9.80 Å². The number of rotatable bonds is 1. The minimum Gasteiger partial charge on any atom is -0.334 e. The molecule has 22 heavy (non-hydrogen) atoms. The van der Waals surface area contributed by atoms with Gasteiger partial charge in [0.2, 0.25) is 11.8 Å². The van der Waals surface area contributed by atoms with E-state index in [-0.39, 0.29) is 29.7 Å². The molecule has 0 saturated carbocycles. The quantitative estimate of drug-likeness (QED) is 0.796. The van der Waals surface area contributed by atoms with Gasteiger partial charge in [0.25, 0.3) is 0 Å². The van der Waals surface area contributed by atoms with Crippen molar-refractivity contribution in [2.75, 3.05) is 18.2 Å². The molecule has 0 unspecified atom stereocenters. The average molecular weight is 322 g/mol. The Morgan fingerprint density at radius 1 is 1.32 bits per heavy atom. The second-order valence-electron chi connectivity index (χ2n) is 5.81. The van der Waals surface area contributed by atoms with Crippen LogP contribution < -0.4 is 0 Å². The molecule has 1 saturated heterocycles. The van der Waals surface area contributed by atoms with Crippen molar-refractivity contribution in [3.63, 3.8) is 0 Å². The number of carbonyl (C=O) groups excluding carboxylic acids is 2. The molecule has 0 bridgehead atoms. The molecule has 2 heterocycles. The normalized spacial score (nSPS) is 24.3. The first kappa shape index (κ1) is 15.3. The maximum Gasteiger partial charge on any atom is 0.246 e. The maximum atomic E-state index is 13.3. The Bertz CT molecular complexity index is 622. The van der Waals surface area contributed by atoms with Gasteiger partial charge in [0.1, 0.15) is 11.9 Å². The van der Waals surface area contributed by atoms with Crippen LogP contribution in [-0.2, 0) is 16.0 Å². The number of amides is 2. The number of nitrogens with zero attached hydrogens (tertiary/aromatic N) is 2. The van der Waals surface area contributed by atoms with Crippen molar-refractivity contribution in [3.05, 3.63) is 35.1 Å². The average Bonchev–Trinajstić information content (AvgIpc) is 2.96. The van der Waals surface area contributed by atoms with E-state index in [1.54, 1.807) is 28.8 Å². The van der Waals surface area contributed by atoms with Crippen LogP contribution in [0.4, 0.5) is 4.39 Å². The van der Waals surface area contributed by atoms with Gasteiger partial charge in [-0.2, -0.15) is 0 Å². The number of carbonyl (C=O) groups is 2. The van der Waals surface area contributed by atoms with Crippen LogP contribution in [0.15, 0.2) is 18.2 Å². The molecule has 1 fully saturated rings. The number of fused-ring (bicyclic) bond motifs is 1. The van der Waals surface area contributed by atoms with Crippen LogP contribution in [0.5, 0.6) is 0 Å². The van der Waals surface area contributed by atoms with Crippen molar-refractivity contribution in [1.29, 1.82) is 0 Å². The van der Waals surface area contributed by atoms with E-state index in [1.807, 2.05) is 11.8 Å². The zero-order chi connectivity index (χ0) is 15.9. The number of hydrogen-bond acceptors (Lipinski definition) is 3. The first-order valence-electron chi connectivity index (χ1n) is 7.43. The van der Waals surface area contributed by atoms with E-state index in [9.17, 15) is 14.0 Å². The molecule has 2 amide bonds.